The summed E-state index contributed by atoms with van der Waals surface area (Å²) in [5.74, 6) is 0.942. The molecule has 0 amide bonds. The molecule has 0 N–H and O–H groups in total. The Balaban J connectivity index is 2.10. The molecule has 0 saturated carbocycles. The number of rotatable bonds is 6. The third-order valence-electron chi connectivity index (χ3n) is 3.07. The molecule has 0 aromatic heterocycles. The van der Waals surface area contributed by atoms with Crippen molar-refractivity contribution in [3.8, 4) is 11.5 Å². The van der Waals surface area contributed by atoms with Gasteiger partial charge in [0.15, 0.2) is 6.10 Å². The molecular weight excluding hydrogens is 268 g/mol. The van der Waals surface area contributed by atoms with Gasteiger partial charge in [0, 0.05) is 6.42 Å². The van der Waals surface area contributed by atoms with Crippen molar-refractivity contribution in [3.05, 3.63) is 60.2 Å². The van der Waals surface area contributed by atoms with Crippen molar-refractivity contribution in [2.45, 2.75) is 12.5 Å². The SMILES string of the molecule is COC(=O)[C@H](Cc1ccccc1)Oc1ccc(OC)cc1. The highest BCUT2D eigenvalue weighted by Crippen LogP contribution is 2.19. The fourth-order valence-electron chi connectivity index (χ4n) is 1.95. The Morgan fingerprint density at radius 2 is 1.57 bits per heavy atom. The predicted molar refractivity (Wildman–Crippen MR) is 79.6 cm³/mol. The van der Waals surface area contributed by atoms with E-state index >= 15 is 0 Å². The highest BCUT2D eigenvalue weighted by molar-refractivity contribution is 5.75. The second-order valence-electron chi connectivity index (χ2n) is 4.49. The molecule has 2 aromatic rings. The summed E-state index contributed by atoms with van der Waals surface area (Å²) in [5, 5.41) is 0. The molecule has 0 aliphatic rings. The third kappa shape index (κ3) is 4.24. The number of ether oxygens (including phenoxy) is 3. The van der Waals surface area contributed by atoms with Crippen LogP contribution in [0.2, 0.25) is 0 Å². The predicted octanol–water partition coefficient (Wildman–Crippen LogP) is 2.86. The number of carbonyl (C=O) groups is 1. The lowest BCUT2D eigenvalue weighted by Gasteiger charge is -2.17. The first kappa shape index (κ1) is 14.9. The Bertz CT molecular complexity index is 563. The quantitative estimate of drug-likeness (QED) is 0.766. The maximum atomic E-state index is 11.9. The minimum Gasteiger partial charge on any atom is -0.497 e. The van der Waals surface area contributed by atoms with E-state index in [-0.39, 0.29) is 0 Å². The van der Waals surface area contributed by atoms with Gasteiger partial charge in [0.1, 0.15) is 11.5 Å². The van der Waals surface area contributed by atoms with E-state index in [1.165, 1.54) is 7.11 Å². The number of methoxy groups -OCH3 is 2. The highest BCUT2D eigenvalue weighted by Gasteiger charge is 2.21. The van der Waals surface area contributed by atoms with E-state index in [1.807, 2.05) is 30.3 Å². The van der Waals surface area contributed by atoms with Crippen LogP contribution in [0.15, 0.2) is 54.6 Å². The van der Waals surface area contributed by atoms with Gasteiger partial charge in [0.2, 0.25) is 0 Å². The van der Waals surface area contributed by atoms with Gasteiger partial charge in [-0.1, -0.05) is 30.3 Å². The number of benzene rings is 2. The van der Waals surface area contributed by atoms with Gasteiger partial charge in [0.25, 0.3) is 0 Å². The number of hydrogen-bond acceptors (Lipinski definition) is 4. The summed E-state index contributed by atoms with van der Waals surface area (Å²) in [6.45, 7) is 0. The van der Waals surface area contributed by atoms with Crippen LogP contribution in [0.5, 0.6) is 11.5 Å². The van der Waals surface area contributed by atoms with E-state index in [1.54, 1.807) is 31.4 Å². The highest BCUT2D eigenvalue weighted by atomic mass is 16.6. The summed E-state index contributed by atoms with van der Waals surface area (Å²) < 4.78 is 15.6. The fraction of sp³-hybridized carbons (Fsp3) is 0.235. The Morgan fingerprint density at radius 1 is 0.952 bits per heavy atom. The summed E-state index contributed by atoms with van der Waals surface area (Å²) in [5.41, 5.74) is 1.02. The lowest BCUT2D eigenvalue weighted by Crippen LogP contribution is -2.30. The van der Waals surface area contributed by atoms with Crippen LogP contribution in [-0.4, -0.2) is 26.3 Å². The van der Waals surface area contributed by atoms with E-state index < -0.39 is 12.1 Å². The van der Waals surface area contributed by atoms with Gasteiger partial charge in [-0.3, -0.25) is 0 Å². The first-order chi connectivity index (χ1) is 10.2. The van der Waals surface area contributed by atoms with Crippen molar-refractivity contribution < 1.29 is 19.0 Å². The van der Waals surface area contributed by atoms with Crippen LogP contribution < -0.4 is 9.47 Å². The smallest absolute Gasteiger partial charge is 0.347 e. The van der Waals surface area contributed by atoms with E-state index in [9.17, 15) is 4.79 Å². The molecule has 2 aromatic carbocycles. The average molecular weight is 286 g/mol. The van der Waals surface area contributed by atoms with E-state index in [2.05, 4.69) is 0 Å². The van der Waals surface area contributed by atoms with Gasteiger partial charge in [-0.2, -0.15) is 0 Å². The summed E-state index contributed by atoms with van der Waals surface area (Å²) in [6, 6.07) is 16.8. The summed E-state index contributed by atoms with van der Waals surface area (Å²) in [6.07, 6.45) is -0.217. The van der Waals surface area contributed by atoms with Crippen molar-refractivity contribution in [1.82, 2.24) is 0 Å². The first-order valence-corrected chi connectivity index (χ1v) is 6.65. The molecule has 110 valence electrons. The van der Waals surface area contributed by atoms with Gasteiger partial charge in [-0.15, -0.1) is 0 Å². The molecule has 4 nitrogen and oxygen atoms in total. The monoisotopic (exact) mass is 286 g/mol. The van der Waals surface area contributed by atoms with Crippen molar-refractivity contribution in [3.63, 3.8) is 0 Å². The largest absolute Gasteiger partial charge is 0.497 e. The zero-order chi connectivity index (χ0) is 15.1. The second-order valence-corrected chi connectivity index (χ2v) is 4.49. The van der Waals surface area contributed by atoms with E-state index in [0.29, 0.717) is 12.2 Å². The Labute approximate surface area is 124 Å². The molecule has 0 radical (unpaired) electrons. The molecule has 0 spiro atoms. The zero-order valence-electron chi connectivity index (χ0n) is 12.1. The molecule has 21 heavy (non-hydrogen) atoms. The zero-order valence-corrected chi connectivity index (χ0v) is 12.1. The van der Waals surface area contributed by atoms with Gasteiger partial charge in [-0.25, -0.2) is 4.79 Å². The van der Waals surface area contributed by atoms with Crippen LogP contribution in [0, 0.1) is 0 Å². The molecule has 0 aliphatic heterocycles. The summed E-state index contributed by atoms with van der Waals surface area (Å²) >= 11 is 0. The Hall–Kier alpha value is -2.49. The fourth-order valence-corrected chi connectivity index (χ4v) is 1.95. The third-order valence-corrected chi connectivity index (χ3v) is 3.07. The molecule has 0 fully saturated rings. The molecule has 0 heterocycles. The van der Waals surface area contributed by atoms with Crippen molar-refractivity contribution >= 4 is 5.97 Å². The number of hydrogen-bond donors (Lipinski definition) is 0. The lowest BCUT2D eigenvalue weighted by atomic mass is 10.1. The number of esters is 1. The maximum Gasteiger partial charge on any atom is 0.347 e. The summed E-state index contributed by atoms with van der Waals surface area (Å²) in [4.78, 5) is 11.9. The van der Waals surface area contributed by atoms with E-state index in [0.717, 1.165) is 11.3 Å². The minimum absolute atomic E-state index is 0.394. The maximum absolute atomic E-state index is 11.9. The number of carbonyl (C=O) groups excluding carboxylic acids is 1. The Morgan fingerprint density at radius 3 is 2.14 bits per heavy atom. The van der Waals surface area contributed by atoms with Crippen LogP contribution in [0.1, 0.15) is 5.56 Å². The van der Waals surface area contributed by atoms with Crippen molar-refractivity contribution in [2.75, 3.05) is 14.2 Å². The molecular formula is C17H18O4. The minimum atomic E-state index is -0.675. The van der Waals surface area contributed by atoms with Gasteiger partial charge in [0.05, 0.1) is 14.2 Å². The Kier molecular flexibility index (Phi) is 5.21. The van der Waals surface area contributed by atoms with Crippen LogP contribution in [0.3, 0.4) is 0 Å². The van der Waals surface area contributed by atoms with Crippen LogP contribution in [0.25, 0.3) is 0 Å². The van der Waals surface area contributed by atoms with Crippen LogP contribution >= 0.6 is 0 Å². The molecule has 2 rings (SSSR count). The van der Waals surface area contributed by atoms with Crippen molar-refractivity contribution in [2.24, 2.45) is 0 Å². The average Bonchev–Trinajstić information content (AvgIpc) is 2.55. The molecule has 0 saturated heterocycles. The van der Waals surface area contributed by atoms with Gasteiger partial charge in [-0.05, 0) is 29.8 Å². The normalized spacial score (nSPS) is 11.5. The standard InChI is InChI=1S/C17H18O4/c1-19-14-8-10-15(11-9-14)21-16(17(18)20-2)12-13-6-4-3-5-7-13/h3-11,16H,12H2,1-2H3/t16-/m0/s1. The van der Waals surface area contributed by atoms with Crippen LogP contribution in [-0.2, 0) is 16.0 Å². The van der Waals surface area contributed by atoms with Crippen LogP contribution in [0.4, 0.5) is 0 Å². The molecule has 0 aliphatic carbocycles. The molecule has 1 atom stereocenters. The van der Waals surface area contributed by atoms with Gasteiger partial charge < -0.3 is 14.2 Å². The van der Waals surface area contributed by atoms with Crippen molar-refractivity contribution in [1.29, 1.82) is 0 Å². The molecule has 0 bridgehead atoms. The molecule has 4 heteroatoms. The first-order valence-electron chi connectivity index (χ1n) is 6.65. The lowest BCUT2D eigenvalue weighted by molar-refractivity contribution is -0.148. The molecule has 0 unspecified atom stereocenters. The summed E-state index contributed by atoms with van der Waals surface area (Å²) in [7, 11) is 2.96. The topological polar surface area (TPSA) is 44.8 Å². The van der Waals surface area contributed by atoms with E-state index in [4.69, 9.17) is 14.2 Å². The van der Waals surface area contributed by atoms with Gasteiger partial charge >= 0.3 is 5.97 Å². The second kappa shape index (κ2) is 7.33.